The Bertz CT molecular complexity index is 1270. The van der Waals surface area contributed by atoms with Crippen molar-refractivity contribution in [3.8, 4) is 11.5 Å². The molecule has 0 aliphatic carbocycles. The van der Waals surface area contributed by atoms with Crippen molar-refractivity contribution in [1.29, 1.82) is 0 Å². The fourth-order valence-corrected chi connectivity index (χ4v) is 9.97. The van der Waals surface area contributed by atoms with Crippen LogP contribution in [-0.2, 0) is 17.7 Å². The van der Waals surface area contributed by atoms with Crippen LogP contribution in [0.15, 0.2) is 72.8 Å². The average Bonchev–Trinajstić information content (AvgIpc) is 3.07. The van der Waals surface area contributed by atoms with Gasteiger partial charge in [0.05, 0.1) is 13.2 Å². The second kappa shape index (κ2) is 20.1. The Labute approximate surface area is 287 Å². The second-order valence-electron chi connectivity index (χ2n) is 11.4. The van der Waals surface area contributed by atoms with Gasteiger partial charge in [0.25, 0.3) is 11.8 Å². The van der Waals surface area contributed by atoms with Crippen LogP contribution in [0.5, 0.6) is 11.5 Å². The number of hydrogen-bond donors (Lipinski definition) is 2. The summed E-state index contributed by atoms with van der Waals surface area (Å²) in [6, 6.07) is 22.7. The summed E-state index contributed by atoms with van der Waals surface area (Å²) in [5, 5.41) is 5.77. The fourth-order valence-electron chi connectivity index (χ4n) is 5.21. The van der Waals surface area contributed by atoms with Gasteiger partial charge in [-0.25, -0.2) is 0 Å². The zero-order valence-corrected chi connectivity index (χ0v) is 31.3. The van der Waals surface area contributed by atoms with Crippen LogP contribution in [0, 0.1) is 0 Å². The van der Waals surface area contributed by atoms with E-state index in [1.165, 1.54) is 0 Å². The Morgan fingerprint density at radius 2 is 0.833 bits per heavy atom. The van der Waals surface area contributed by atoms with Crippen LogP contribution in [0.3, 0.4) is 0 Å². The molecule has 0 heterocycles. The molecule has 10 nitrogen and oxygen atoms in total. The lowest BCUT2D eigenvalue weighted by molar-refractivity contribution is 0.101. The summed E-state index contributed by atoms with van der Waals surface area (Å²) >= 11 is 0. The van der Waals surface area contributed by atoms with Crippen molar-refractivity contribution >= 4 is 40.3 Å². The Kier molecular flexibility index (Phi) is 16.3. The van der Waals surface area contributed by atoms with Crippen molar-refractivity contribution in [3.05, 3.63) is 83.9 Å². The van der Waals surface area contributed by atoms with Crippen molar-refractivity contribution in [2.24, 2.45) is 0 Å². The molecular formula is C36H52N2O8Si2. The van der Waals surface area contributed by atoms with Gasteiger partial charge in [0.2, 0.25) is 0 Å². The van der Waals surface area contributed by atoms with Gasteiger partial charge in [0.15, 0.2) is 0 Å². The molecule has 0 atom stereocenters. The van der Waals surface area contributed by atoms with E-state index in [0.29, 0.717) is 62.1 Å². The zero-order valence-electron chi connectivity index (χ0n) is 29.3. The van der Waals surface area contributed by atoms with Gasteiger partial charge >= 0.3 is 17.1 Å². The lowest BCUT2D eigenvalue weighted by Gasteiger charge is -2.25. The fraction of sp³-hybridized carbons (Fsp3) is 0.444. The smallest absolute Gasteiger partial charge is 0.335 e. The topological polar surface area (TPSA) is 114 Å². The first-order valence-electron chi connectivity index (χ1n) is 16.9. The molecule has 0 radical (unpaired) electrons. The van der Waals surface area contributed by atoms with Crippen molar-refractivity contribution in [2.75, 3.05) is 50.3 Å². The van der Waals surface area contributed by atoms with Gasteiger partial charge in [0, 0.05) is 48.9 Å². The predicted octanol–water partition coefficient (Wildman–Crippen LogP) is 8.02. The van der Waals surface area contributed by atoms with E-state index < -0.39 is 17.1 Å². The molecule has 0 saturated carbocycles. The highest BCUT2D eigenvalue weighted by Gasteiger charge is 2.30. The minimum Gasteiger partial charge on any atom is -0.494 e. The molecule has 0 fully saturated rings. The SMILES string of the molecule is CCO[Si](C)(CCCOc1ccc(NC(=O)c2ccc(C(=O)Nc3ccc(OCCC[Si](C)(OCC)OCC)cc3)cc2)cc1)OCC. The van der Waals surface area contributed by atoms with Crippen molar-refractivity contribution < 1.29 is 36.8 Å². The van der Waals surface area contributed by atoms with E-state index in [0.717, 1.165) is 36.4 Å². The van der Waals surface area contributed by atoms with E-state index in [4.69, 9.17) is 27.2 Å². The average molecular weight is 697 g/mol. The Hall–Kier alpha value is -3.53. The molecule has 262 valence electrons. The summed E-state index contributed by atoms with van der Waals surface area (Å²) in [6.07, 6.45) is 1.67. The summed E-state index contributed by atoms with van der Waals surface area (Å²) in [7, 11) is -4.30. The van der Waals surface area contributed by atoms with Crippen LogP contribution in [0.4, 0.5) is 11.4 Å². The predicted molar refractivity (Wildman–Crippen MR) is 195 cm³/mol. The van der Waals surface area contributed by atoms with Gasteiger partial charge in [-0.1, -0.05) is 0 Å². The van der Waals surface area contributed by atoms with Crippen LogP contribution in [-0.4, -0.2) is 68.6 Å². The summed E-state index contributed by atoms with van der Waals surface area (Å²) in [5.41, 5.74) is 2.17. The van der Waals surface area contributed by atoms with Crippen molar-refractivity contribution in [3.63, 3.8) is 0 Å². The molecule has 12 heteroatoms. The minimum atomic E-state index is -2.15. The molecular weight excluding hydrogens is 645 g/mol. The number of carbonyl (C=O) groups is 2. The number of amides is 2. The number of hydrogen-bond acceptors (Lipinski definition) is 8. The highest BCUT2D eigenvalue weighted by Crippen LogP contribution is 2.21. The van der Waals surface area contributed by atoms with Gasteiger partial charge in [0.1, 0.15) is 11.5 Å². The minimum absolute atomic E-state index is 0.273. The van der Waals surface area contributed by atoms with Gasteiger partial charge in [-0.3, -0.25) is 9.59 Å². The number of ether oxygens (including phenoxy) is 2. The molecule has 2 N–H and O–H groups in total. The first-order chi connectivity index (χ1) is 23.1. The molecule has 0 bridgehead atoms. The van der Waals surface area contributed by atoms with E-state index >= 15 is 0 Å². The van der Waals surface area contributed by atoms with Gasteiger partial charge in [-0.2, -0.15) is 0 Å². The van der Waals surface area contributed by atoms with E-state index in [1.54, 1.807) is 48.5 Å². The Morgan fingerprint density at radius 3 is 1.12 bits per heavy atom. The zero-order chi connectivity index (χ0) is 34.8. The monoisotopic (exact) mass is 696 g/mol. The molecule has 0 aromatic heterocycles. The van der Waals surface area contributed by atoms with Crippen LogP contribution in [0.2, 0.25) is 25.2 Å². The lowest BCUT2D eigenvalue weighted by atomic mass is 10.1. The Morgan fingerprint density at radius 1 is 0.521 bits per heavy atom. The van der Waals surface area contributed by atoms with Crippen LogP contribution in [0.1, 0.15) is 61.3 Å². The van der Waals surface area contributed by atoms with E-state index in [-0.39, 0.29) is 11.8 Å². The maximum Gasteiger partial charge on any atom is 0.335 e. The molecule has 3 aromatic carbocycles. The number of nitrogens with one attached hydrogen (secondary N) is 2. The van der Waals surface area contributed by atoms with Crippen molar-refractivity contribution in [1.82, 2.24) is 0 Å². The van der Waals surface area contributed by atoms with Crippen molar-refractivity contribution in [2.45, 2.75) is 65.7 Å². The van der Waals surface area contributed by atoms with Crippen LogP contribution < -0.4 is 20.1 Å². The molecule has 0 unspecified atom stereocenters. The quantitative estimate of drug-likeness (QED) is 0.0803. The number of anilines is 2. The van der Waals surface area contributed by atoms with E-state index in [1.807, 2.05) is 52.0 Å². The van der Waals surface area contributed by atoms with Crippen LogP contribution in [0.25, 0.3) is 0 Å². The normalized spacial score (nSPS) is 11.6. The first kappa shape index (κ1) is 38.9. The van der Waals surface area contributed by atoms with Gasteiger partial charge in [-0.15, -0.1) is 0 Å². The number of benzene rings is 3. The molecule has 0 spiro atoms. The molecule has 0 saturated heterocycles. The molecule has 3 aromatic rings. The third-order valence-electron chi connectivity index (χ3n) is 7.52. The molecule has 48 heavy (non-hydrogen) atoms. The molecule has 3 rings (SSSR count). The largest absolute Gasteiger partial charge is 0.494 e. The standard InChI is InChI=1S/C36H52N2O8Si2/c1-7-43-47(5,44-8-2)27-11-25-41-33-21-17-31(18-22-33)37-35(39)29-13-15-30(16-14-29)36(40)38-32-19-23-34(24-20-32)42-26-12-28-48(6,45-9-3)46-10-4/h13-24H,7-12,25-28H2,1-6H3,(H,37,39)(H,38,40). The lowest BCUT2D eigenvalue weighted by Crippen LogP contribution is -2.38. The molecule has 2 amide bonds. The summed E-state index contributed by atoms with van der Waals surface area (Å²) in [6.45, 7) is 15.8. The maximum atomic E-state index is 12.8. The van der Waals surface area contributed by atoms with E-state index in [9.17, 15) is 9.59 Å². The second-order valence-corrected chi connectivity index (χ2v) is 18.1. The third kappa shape index (κ3) is 13.2. The highest BCUT2D eigenvalue weighted by atomic mass is 28.4. The maximum absolute atomic E-state index is 12.8. The number of rotatable bonds is 22. The third-order valence-corrected chi connectivity index (χ3v) is 13.6. The summed E-state index contributed by atoms with van der Waals surface area (Å²) in [5.74, 6) is 0.902. The van der Waals surface area contributed by atoms with Gasteiger partial charge < -0.3 is 37.8 Å². The molecule has 0 aliphatic heterocycles. The Balaban J connectivity index is 1.41. The first-order valence-corrected chi connectivity index (χ1v) is 21.9. The van der Waals surface area contributed by atoms with Crippen LogP contribution >= 0.6 is 0 Å². The van der Waals surface area contributed by atoms with Gasteiger partial charge in [-0.05, 0) is 139 Å². The highest BCUT2D eigenvalue weighted by molar-refractivity contribution is 6.66. The number of carbonyl (C=O) groups excluding carboxylic acids is 2. The molecule has 0 aliphatic rings. The van der Waals surface area contributed by atoms with E-state index in [2.05, 4.69) is 23.7 Å². The summed E-state index contributed by atoms with van der Waals surface area (Å²) < 4.78 is 35.3. The summed E-state index contributed by atoms with van der Waals surface area (Å²) in [4.78, 5) is 25.7.